The van der Waals surface area contributed by atoms with Crippen LogP contribution < -0.4 is 0 Å². The van der Waals surface area contributed by atoms with Crippen LogP contribution in [0.4, 0.5) is 0 Å². The fourth-order valence-electron chi connectivity index (χ4n) is 3.45. The van der Waals surface area contributed by atoms with E-state index in [0.29, 0.717) is 6.42 Å². The number of hydrogen-bond donors (Lipinski definition) is 4. The van der Waals surface area contributed by atoms with E-state index >= 15 is 0 Å². The average molecular weight is 467 g/mol. The molecule has 0 aromatic heterocycles. The van der Waals surface area contributed by atoms with Gasteiger partial charge in [-0.05, 0) is 6.42 Å². The molecule has 0 aliphatic carbocycles. The molecule has 0 bridgehead atoms. The lowest BCUT2D eigenvalue weighted by molar-refractivity contribution is -0.148. The lowest BCUT2D eigenvalue weighted by Gasteiger charge is -2.18. The summed E-state index contributed by atoms with van der Waals surface area (Å²) < 4.78 is 25.8. The third-order valence-electron chi connectivity index (χ3n) is 5.15. The molecule has 4 N–H and O–H groups in total. The molecular formula is C21H39O9P. The minimum atomic E-state index is -5.01. The SMILES string of the molecule is CCCCCCCCCCCCCCCOC1=C(OP(=O)(O)O)C(=O)O[C@@H]1[C@@H](O)CO. The minimum absolute atomic E-state index is 0.173. The highest BCUT2D eigenvalue weighted by Gasteiger charge is 2.44. The minimum Gasteiger partial charge on any atom is -0.490 e. The highest BCUT2D eigenvalue weighted by molar-refractivity contribution is 7.46. The van der Waals surface area contributed by atoms with E-state index in [1.807, 2.05) is 0 Å². The van der Waals surface area contributed by atoms with Crippen LogP contribution in [0, 0.1) is 0 Å². The first-order valence-electron chi connectivity index (χ1n) is 11.4. The van der Waals surface area contributed by atoms with Gasteiger partial charge in [0.25, 0.3) is 5.76 Å². The highest BCUT2D eigenvalue weighted by Crippen LogP contribution is 2.42. The number of unbranched alkanes of at least 4 members (excludes halogenated alkanes) is 12. The molecule has 10 heteroatoms. The smallest absolute Gasteiger partial charge is 0.490 e. The first-order valence-corrected chi connectivity index (χ1v) is 12.9. The van der Waals surface area contributed by atoms with E-state index in [0.717, 1.165) is 19.3 Å². The maximum atomic E-state index is 11.8. The molecular weight excluding hydrogens is 427 g/mol. The van der Waals surface area contributed by atoms with Crippen molar-refractivity contribution in [3.8, 4) is 0 Å². The van der Waals surface area contributed by atoms with Gasteiger partial charge in [0.15, 0.2) is 11.9 Å². The van der Waals surface area contributed by atoms with Gasteiger partial charge in [-0.25, -0.2) is 9.36 Å². The van der Waals surface area contributed by atoms with Crippen LogP contribution in [0.5, 0.6) is 0 Å². The molecule has 2 atom stereocenters. The standard InChI is InChI=1S/C21H39O9P/c1-2-3-4-5-6-7-8-9-10-11-12-13-14-15-28-19-18(17(23)16-22)29-21(24)20(19)30-31(25,26)27/h17-18,22-23H,2-16H2,1H3,(H2,25,26,27)/t17-,18+/m0/s1. The third-order valence-corrected chi connectivity index (χ3v) is 5.57. The fourth-order valence-corrected chi connectivity index (χ4v) is 3.85. The number of ether oxygens (including phenoxy) is 2. The maximum Gasteiger partial charge on any atom is 0.525 e. The summed E-state index contributed by atoms with van der Waals surface area (Å²) in [5, 5.41) is 18.9. The lowest BCUT2D eigenvalue weighted by Crippen LogP contribution is -2.32. The molecule has 1 rings (SSSR count). The Hall–Kier alpha value is -1.12. The number of rotatable bonds is 19. The van der Waals surface area contributed by atoms with Gasteiger partial charge in [-0.3, -0.25) is 9.79 Å². The Morgan fingerprint density at radius 3 is 1.87 bits per heavy atom. The summed E-state index contributed by atoms with van der Waals surface area (Å²) in [5.41, 5.74) is 0. The van der Waals surface area contributed by atoms with Crippen LogP contribution in [0.2, 0.25) is 0 Å². The van der Waals surface area contributed by atoms with Crippen molar-refractivity contribution in [3.63, 3.8) is 0 Å². The van der Waals surface area contributed by atoms with E-state index in [1.165, 1.54) is 57.8 Å². The number of carbonyl (C=O) groups is 1. The molecule has 9 nitrogen and oxygen atoms in total. The first kappa shape index (κ1) is 27.9. The topological polar surface area (TPSA) is 143 Å². The van der Waals surface area contributed by atoms with E-state index in [9.17, 15) is 14.5 Å². The van der Waals surface area contributed by atoms with Gasteiger partial charge in [-0.2, -0.15) is 0 Å². The summed E-state index contributed by atoms with van der Waals surface area (Å²) in [6.45, 7) is 1.68. The molecule has 0 unspecified atom stereocenters. The van der Waals surface area contributed by atoms with Crippen molar-refractivity contribution in [2.24, 2.45) is 0 Å². The van der Waals surface area contributed by atoms with Gasteiger partial charge in [0.05, 0.1) is 13.2 Å². The molecule has 182 valence electrons. The molecule has 0 saturated heterocycles. The number of carbonyl (C=O) groups excluding carboxylic acids is 1. The Labute approximate surface area is 185 Å². The second kappa shape index (κ2) is 15.6. The van der Waals surface area contributed by atoms with E-state index in [2.05, 4.69) is 11.4 Å². The van der Waals surface area contributed by atoms with Crippen LogP contribution in [-0.2, 0) is 23.4 Å². The second-order valence-electron chi connectivity index (χ2n) is 7.94. The van der Waals surface area contributed by atoms with Gasteiger partial charge in [-0.15, -0.1) is 0 Å². The summed E-state index contributed by atoms with van der Waals surface area (Å²) >= 11 is 0. The van der Waals surface area contributed by atoms with E-state index in [1.54, 1.807) is 0 Å². The molecule has 0 amide bonds. The van der Waals surface area contributed by atoms with Crippen molar-refractivity contribution in [3.05, 3.63) is 11.5 Å². The Bertz CT molecular complexity index is 587. The predicted octanol–water partition coefficient (Wildman–Crippen LogP) is 3.69. The first-order chi connectivity index (χ1) is 14.8. The Kier molecular flexibility index (Phi) is 14.1. The number of aliphatic hydroxyl groups is 2. The molecule has 0 aromatic rings. The zero-order valence-corrected chi connectivity index (χ0v) is 19.4. The number of hydrogen-bond acceptors (Lipinski definition) is 7. The fraction of sp³-hybridized carbons (Fsp3) is 0.857. The number of phosphoric acid groups is 1. The molecule has 1 aliphatic rings. The second-order valence-corrected chi connectivity index (χ2v) is 9.11. The van der Waals surface area contributed by atoms with Crippen LogP contribution in [0.3, 0.4) is 0 Å². The number of aliphatic hydroxyl groups excluding tert-OH is 2. The van der Waals surface area contributed by atoms with Gasteiger partial charge < -0.3 is 24.2 Å². The molecule has 0 radical (unpaired) electrons. The Balaban J connectivity index is 2.24. The van der Waals surface area contributed by atoms with Crippen LogP contribution in [0.25, 0.3) is 0 Å². The van der Waals surface area contributed by atoms with E-state index in [4.69, 9.17) is 24.4 Å². The quantitative estimate of drug-likeness (QED) is 0.127. The van der Waals surface area contributed by atoms with Crippen LogP contribution in [0.1, 0.15) is 90.4 Å². The third kappa shape index (κ3) is 11.9. The van der Waals surface area contributed by atoms with Crippen molar-refractivity contribution in [2.45, 2.75) is 103 Å². The predicted molar refractivity (Wildman–Crippen MR) is 115 cm³/mol. The van der Waals surface area contributed by atoms with Crippen molar-refractivity contribution in [1.82, 2.24) is 0 Å². The van der Waals surface area contributed by atoms with Crippen molar-refractivity contribution in [2.75, 3.05) is 13.2 Å². The van der Waals surface area contributed by atoms with E-state index in [-0.39, 0.29) is 12.4 Å². The molecule has 0 fully saturated rings. The van der Waals surface area contributed by atoms with Gasteiger partial charge in [0.2, 0.25) is 0 Å². The largest absolute Gasteiger partial charge is 0.525 e. The molecule has 0 aromatic carbocycles. The molecule has 31 heavy (non-hydrogen) atoms. The average Bonchev–Trinajstić information content (AvgIpc) is 3.01. The summed E-state index contributed by atoms with van der Waals surface area (Å²) in [5.74, 6) is -2.21. The van der Waals surface area contributed by atoms with Crippen LogP contribution in [-0.4, -0.2) is 51.4 Å². The molecule has 0 spiro atoms. The van der Waals surface area contributed by atoms with Crippen molar-refractivity contribution in [1.29, 1.82) is 0 Å². The summed E-state index contributed by atoms with van der Waals surface area (Å²) in [6.07, 6.45) is 12.6. The van der Waals surface area contributed by atoms with Crippen LogP contribution >= 0.6 is 7.82 Å². The maximum absolute atomic E-state index is 11.8. The Morgan fingerprint density at radius 1 is 0.935 bits per heavy atom. The van der Waals surface area contributed by atoms with Gasteiger partial charge in [0.1, 0.15) is 6.10 Å². The Morgan fingerprint density at radius 2 is 1.42 bits per heavy atom. The van der Waals surface area contributed by atoms with Crippen molar-refractivity contribution >= 4 is 13.8 Å². The van der Waals surface area contributed by atoms with Gasteiger partial charge >= 0.3 is 13.8 Å². The highest BCUT2D eigenvalue weighted by atomic mass is 31.2. The summed E-state index contributed by atoms with van der Waals surface area (Å²) in [7, 11) is -5.01. The van der Waals surface area contributed by atoms with Gasteiger partial charge in [0, 0.05) is 0 Å². The van der Waals surface area contributed by atoms with E-state index < -0.39 is 38.4 Å². The number of esters is 1. The molecule has 1 heterocycles. The molecule has 0 saturated carbocycles. The van der Waals surface area contributed by atoms with Gasteiger partial charge in [-0.1, -0.05) is 84.0 Å². The number of phosphoric ester groups is 1. The number of cyclic esters (lactones) is 1. The lowest BCUT2D eigenvalue weighted by atomic mass is 10.0. The zero-order valence-electron chi connectivity index (χ0n) is 18.5. The molecule has 1 aliphatic heterocycles. The zero-order chi connectivity index (χ0) is 23.1. The summed E-state index contributed by atoms with van der Waals surface area (Å²) in [4.78, 5) is 29.8. The monoisotopic (exact) mass is 466 g/mol. The van der Waals surface area contributed by atoms with Crippen LogP contribution in [0.15, 0.2) is 11.5 Å². The summed E-state index contributed by atoms with van der Waals surface area (Å²) in [6, 6.07) is 0. The normalized spacial score (nSPS) is 17.7. The van der Waals surface area contributed by atoms with Crippen molar-refractivity contribution < 1.29 is 43.4 Å².